The molecule has 0 N–H and O–H groups in total. The van der Waals surface area contributed by atoms with E-state index in [-0.39, 0.29) is 12.1 Å². The maximum atomic E-state index is 13.7. The number of benzene rings is 1. The lowest BCUT2D eigenvalue weighted by molar-refractivity contribution is 0.437. The predicted octanol–water partition coefficient (Wildman–Crippen LogP) is 1.84. The van der Waals surface area contributed by atoms with Crippen LogP contribution in [0.1, 0.15) is 30.9 Å². The second kappa shape index (κ2) is 7.16. The number of halogens is 1. The van der Waals surface area contributed by atoms with Gasteiger partial charge in [0.25, 0.3) is 5.56 Å². The molecule has 0 amide bonds. The van der Waals surface area contributed by atoms with Crippen molar-refractivity contribution >= 4 is 5.82 Å². The number of nitrogens with zero attached hydrogens (tertiary/aromatic N) is 4. The molecule has 1 aliphatic rings. The molecule has 2 aromatic rings. The maximum absolute atomic E-state index is 13.7. The molecule has 7 heteroatoms. The van der Waals surface area contributed by atoms with Crippen molar-refractivity contribution in [3.63, 3.8) is 0 Å². The van der Waals surface area contributed by atoms with Gasteiger partial charge in [-0.2, -0.15) is 5.26 Å². The SMILES string of the molecule is C[C@@H]1CCCN(c2cc(=O)n(C)c(=O)n2Cc2cc(F)ccc2C#N)C1. The molecule has 2 heterocycles. The fourth-order valence-corrected chi connectivity index (χ4v) is 3.44. The number of piperidine rings is 1. The van der Waals surface area contributed by atoms with Gasteiger partial charge in [0.05, 0.1) is 18.2 Å². The summed E-state index contributed by atoms with van der Waals surface area (Å²) in [5.74, 6) is 0.517. The molecule has 1 aromatic carbocycles. The average Bonchev–Trinajstić information content (AvgIpc) is 2.62. The van der Waals surface area contributed by atoms with Crippen LogP contribution in [-0.4, -0.2) is 22.2 Å². The van der Waals surface area contributed by atoms with Gasteiger partial charge >= 0.3 is 5.69 Å². The van der Waals surface area contributed by atoms with E-state index < -0.39 is 11.5 Å². The Labute approximate surface area is 150 Å². The van der Waals surface area contributed by atoms with Crippen LogP contribution in [0.5, 0.6) is 0 Å². The quantitative estimate of drug-likeness (QED) is 0.841. The van der Waals surface area contributed by atoms with E-state index in [9.17, 15) is 19.2 Å². The molecule has 0 aliphatic carbocycles. The molecular weight excluding hydrogens is 335 g/mol. The lowest BCUT2D eigenvalue weighted by Gasteiger charge is -2.34. The molecule has 1 atom stereocenters. The summed E-state index contributed by atoms with van der Waals surface area (Å²) in [5, 5.41) is 9.28. The number of hydrogen-bond acceptors (Lipinski definition) is 4. The number of rotatable bonds is 3. The molecule has 0 unspecified atom stereocenters. The van der Waals surface area contributed by atoms with Crippen LogP contribution in [0.4, 0.5) is 10.2 Å². The average molecular weight is 356 g/mol. The van der Waals surface area contributed by atoms with Crippen LogP contribution in [0.25, 0.3) is 0 Å². The minimum Gasteiger partial charge on any atom is -0.357 e. The number of hydrogen-bond donors (Lipinski definition) is 0. The van der Waals surface area contributed by atoms with E-state index in [1.54, 1.807) is 0 Å². The molecule has 1 aliphatic heterocycles. The van der Waals surface area contributed by atoms with E-state index in [1.807, 2.05) is 11.0 Å². The standard InChI is InChI=1S/C19H21FN4O2/c1-13-4-3-7-23(11-13)17-9-18(25)22(2)19(26)24(17)12-15-8-16(20)6-5-14(15)10-21/h5-6,8-9,13H,3-4,7,11-12H2,1-2H3/t13-/m1/s1. The van der Waals surface area contributed by atoms with Crippen LogP contribution in [0, 0.1) is 23.1 Å². The third-order valence-electron chi connectivity index (χ3n) is 4.87. The second-order valence-corrected chi connectivity index (χ2v) is 6.88. The molecule has 3 rings (SSSR count). The summed E-state index contributed by atoms with van der Waals surface area (Å²) in [5.41, 5.74) is -0.122. The largest absolute Gasteiger partial charge is 0.357 e. The third kappa shape index (κ3) is 3.40. The molecule has 136 valence electrons. The van der Waals surface area contributed by atoms with E-state index in [4.69, 9.17) is 0 Å². The normalized spacial score (nSPS) is 17.2. The number of anilines is 1. The van der Waals surface area contributed by atoms with Gasteiger partial charge in [0.1, 0.15) is 11.6 Å². The predicted molar refractivity (Wildman–Crippen MR) is 96.8 cm³/mol. The van der Waals surface area contributed by atoms with Gasteiger partial charge in [0.15, 0.2) is 0 Å². The van der Waals surface area contributed by atoms with Crippen LogP contribution in [0.2, 0.25) is 0 Å². The lowest BCUT2D eigenvalue weighted by atomic mass is 10.0. The Morgan fingerprint density at radius 3 is 2.77 bits per heavy atom. The maximum Gasteiger partial charge on any atom is 0.332 e. The molecule has 0 bridgehead atoms. The van der Waals surface area contributed by atoms with Crippen molar-refractivity contribution in [2.75, 3.05) is 18.0 Å². The summed E-state index contributed by atoms with van der Waals surface area (Å²) in [4.78, 5) is 27.0. The molecule has 6 nitrogen and oxygen atoms in total. The van der Waals surface area contributed by atoms with E-state index in [2.05, 4.69) is 6.92 Å². The van der Waals surface area contributed by atoms with Gasteiger partial charge < -0.3 is 4.90 Å². The minimum atomic E-state index is -0.473. The molecule has 1 aromatic heterocycles. The highest BCUT2D eigenvalue weighted by Crippen LogP contribution is 2.22. The Balaban J connectivity index is 2.13. The van der Waals surface area contributed by atoms with Gasteiger partial charge in [-0.1, -0.05) is 6.92 Å². The molecule has 0 radical (unpaired) electrons. The Hall–Kier alpha value is -2.88. The van der Waals surface area contributed by atoms with Gasteiger partial charge in [-0.25, -0.2) is 9.18 Å². The second-order valence-electron chi connectivity index (χ2n) is 6.88. The Kier molecular flexibility index (Phi) is 4.94. The topological polar surface area (TPSA) is 71.0 Å². The zero-order valence-corrected chi connectivity index (χ0v) is 14.9. The Morgan fingerprint density at radius 2 is 2.08 bits per heavy atom. The van der Waals surface area contributed by atoms with Crippen LogP contribution < -0.4 is 16.1 Å². The molecule has 0 spiro atoms. The first-order valence-electron chi connectivity index (χ1n) is 8.65. The van der Waals surface area contributed by atoms with Crippen molar-refractivity contribution in [1.82, 2.24) is 9.13 Å². The highest BCUT2D eigenvalue weighted by Gasteiger charge is 2.22. The van der Waals surface area contributed by atoms with Gasteiger partial charge in [0.2, 0.25) is 0 Å². The fourth-order valence-electron chi connectivity index (χ4n) is 3.44. The summed E-state index contributed by atoms with van der Waals surface area (Å²) in [6.07, 6.45) is 2.09. The van der Waals surface area contributed by atoms with Crippen molar-refractivity contribution in [1.29, 1.82) is 5.26 Å². The Bertz CT molecular complexity index is 986. The smallest absolute Gasteiger partial charge is 0.332 e. The number of aromatic nitrogens is 2. The summed E-state index contributed by atoms with van der Waals surface area (Å²) in [7, 11) is 1.42. The summed E-state index contributed by atoms with van der Waals surface area (Å²) >= 11 is 0. The molecule has 1 fully saturated rings. The zero-order chi connectivity index (χ0) is 18.8. The number of nitriles is 1. The van der Waals surface area contributed by atoms with Gasteiger partial charge in [0, 0.05) is 26.2 Å². The zero-order valence-electron chi connectivity index (χ0n) is 14.9. The van der Waals surface area contributed by atoms with Gasteiger partial charge in [-0.05, 0) is 42.5 Å². The van der Waals surface area contributed by atoms with E-state index in [0.717, 1.165) is 30.5 Å². The monoisotopic (exact) mass is 356 g/mol. The van der Waals surface area contributed by atoms with E-state index in [1.165, 1.54) is 35.9 Å². The molecule has 0 saturated carbocycles. The Morgan fingerprint density at radius 1 is 1.31 bits per heavy atom. The van der Waals surface area contributed by atoms with Crippen LogP contribution >= 0.6 is 0 Å². The highest BCUT2D eigenvalue weighted by atomic mass is 19.1. The lowest BCUT2D eigenvalue weighted by Crippen LogP contribution is -2.44. The van der Waals surface area contributed by atoms with Crippen LogP contribution in [0.3, 0.4) is 0 Å². The third-order valence-corrected chi connectivity index (χ3v) is 4.87. The van der Waals surface area contributed by atoms with Crippen molar-refractivity contribution in [2.24, 2.45) is 13.0 Å². The van der Waals surface area contributed by atoms with Gasteiger partial charge in [-0.3, -0.25) is 13.9 Å². The summed E-state index contributed by atoms with van der Waals surface area (Å²) in [6, 6.07) is 7.37. The van der Waals surface area contributed by atoms with Crippen LogP contribution in [0.15, 0.2) is 33.9 Å². The minimum absolute atomic E-state index is 0.0355. The first-order chi connectivity index (χ1) is 12.4. The van der Waals surface area contributed by atoms with Gasteiger partial charge in [-0.15, -0.1) is 0 Å². The summed E-state index contributed by atoms with van der Waals surface area (Å²) in [6.45, 7) is 3.68. The van der Waals surface area contributed by atoms with E-state index in [0.29, 0.717) is 22.9 Å². The molecular formula is C19H21FN4O2. The molecule has 26 heavy (non-hydrogen) atoms. The van der Waals surface area contributed by atoms with Crippen LogP contribution in [-0.2, 0) is 13.6 Å². The van der Waals surface area contributed by atoms with Crippen molar-refractivity contribution < 1.29 is 4.39 Å². The highest BCUT2D eigenvalue weighted by molar-refractivity contribution is 5.42. The fraction of sp³-hybridized carbons (Fsp3) is 0.421. The first-order valence-corrected chi connectivity index (χ1v) is 8.65. The van der Waals surface area contributed by atoms with Crippen molar-refractivity contribution in [2.45, 2.75) is 26.3 Å². The van der Waals surface area contributed by atoms with Crippen molar-refractivity contribution in [3.05, 3.63) is 62.0 Å². The van der Waals surface area contributed by atoms with E-state index >= 15 is 0 Å². The summed E-state index contributed by atoms with van der Waals surface area (Å²) < 4.78 is 16.2. The van der Waals surface area contributed by atoms with Crippen molar-refractivity contribution in [3.8, 4) is 6.07 Å². The molecule has 1 saturated heterocycles. The first kappa shape index (κ1) is 17.9.